The van der Waals surface area contributed by atoms with Gasteiger partial charge in [-0.25, -0.2) is 9.97 Å². The molecule has 0 aliphatic carbocycles. The number of carbonyl (C=O) groups excluding carboxylic acids is 1. The summed E-state index contributed by atoms with van der Waals surface area (Å²) in [7, 11) is 0. The van der Waals surface area contributed by atoms with Crippen LogP contribution in [0.1, 0.15) is 28.7 Å². The van der Waals surface area contributed by atoms with Crippen LogP contribution in [0.3, 0.4) is 0 Å². The van der Waals surface area contributed by atoms with Gasteiger partial charge in [0.15, 0.2) is 0 Å². The SMILES string of the molecule is CCN1CCN(c2nc(C)cc(C(=O)NCc3ccccc3)n2)CC1. The highest BCUT2D eigenvalue weighted by molar-refractivity contribution is 5.92. The molecule has 0 bridgehead atoms. The van der Waals surface area contributed by atoms with Crippen LogP contribution in [-0.2, 0) is 6.54 Å². The minimum Gasteiger partial charge on any atom is -0.347 e. The second-order valence-corrected chi connectivity index (χ2v) is 6.28. The van der Waals surface area contributed by atoms with Gasteiger partial charge in [-0.3, -0.25) is 4.79 Å². The number of carbonyl (C=O) groups is 1. The highest BCUT2D eigenvalue weighted by Crippen LogP contribution is 2.13. The zero-order valence-corrected chi connectivity index (χ0v) is 14.9. The van der Waals surface area contributed by atoms with E-state index in [-0.39, 0.29) is 5.91 Å². The smallest absolute Gasteiger partial charge is 0.270 e. The number of piperazine rings is 1. The molecule has 0 saturated carbocycles. The van der Waals surface area contributed by atoms with Crippen LogP contribution in [0.25, 0.3) is 0 Å². The highest BCUT2D eigenvalue weighted by Gasteiger charge is 2.19. The van der Waals surface area contributed by atoms with E-state index in [2.05, 4.69) is 32.0 Å². The number of nitrogens with one attached hydrogen (secondary N) is 1. The Morgan fingerprint density at radius 1 is 1.12 bits per heavy atom. The molecule has 1 aromatic heterocycles. The van der Waals surface area contributed by atoms with Crippen molar-refractivity contribution in [2.45, 2.75) is 20.4 Å². The minimum absolute atomic E-state index is 0.164. The third-order valence-electron chi connectivity index (χ3n) is 4.47. The van der Waals surface area contributed by atoms with Gasteiger partial charge in [-0.15, -0.1) is 0 Å². The summed E-state index contributed by atoms with van der Waals surface area (Å²) in [4.78, 5) is 26.1. The van der Waals surface area contributed by atoms with Gasteiger partial charge in [0.2, 0.25) is 5.95 Å². The second-order valence-electron chi connectivity index (χ2n) is 6.28. The summed E-state index contributed by atoms with van der Waals surface area (Å²) < 4.78 is 0. The second kappa shape index (κ2) is 8.07. The normalized spacial score (nSPS) is 15.2. The molecule has 0 radical (unpaired) electrons. The molecule has 3 rings (SSSR count). The van der Waals surface area contributed by atoms with E-state index in [1.54, 1.807) is 6.07 Å². The Labute approximate surface area is 148 Å². The lowest BCUT2D eigenvalue weighted by atomic mass is 10.2. The van der Waals surface area contributed by atoms with Gasteiger partial charge in [0, 0.05) is 38.4 Å². The number of aromatic nitrogens is 2. The van der Waals surface area contributed by atoms with Crippen LogP contribution in [0.4, 0.5) is 5.95 Å². The Bertz CT molecular complexity index is 711. The van der Waals surface area contributed by atoms with E-state index in [4.69, 9.17) is 0 Å². The summed E-state index contributed by atoms with van der Waals surface area (Å²) >= 11 is 0. The van der Waals surface area contributed by atoms with Crippen molar-refractivity contribution in [3.8, 4) is 0 Å². The number of hydrogen-bond donors (Lipinski definition) is 1. The summed E-state index contributed by atoms with van der Waals surface area (Å²) in [5.41, 5.74) is 2.31. The predicted octanol–water partition coefficient (Wildman–Crippen LogP) is 1.86. The van der Waals surface area contributed by atoms with Crippen LogP contribution in [0.2, 0.25) is 0 Å². The van der Waals surface area contributed by atoms with Crippen molar-refractivity contribution in [2.24, 2.45) is 0 Å². The topological polar surface area (TPSA) is 61.4 Å². The van der Waals surface area contributed by atoms with Crippen molar-refractivity contribution in [3.63, 3.8) is 0 Å². The number of hydrogen-bond acceptors (Lipinski definition) is 5. The van der Waals surface area contributed by atoms with Crippen LogP contribution in [0.15, 0.2) is 36.4 Å². The van der Waals surface area contributed by atoms with Crippen molar-refractivity contribution >= 4 is 11.9 Å². The van der Waals surface area contributed by atoms with Crippen molar-refractivity contribution in [3.05, 3.63) is 53.3 Å². The quantitative estimate of drug-likeness (QED) is 0.901. The van der Waals surface area contributed by atoms with Crippen molar-refractivity contribution in [1.82, 2.24) is 20.2 Å². The van der Waals surface area contributed by atoms with Crippen LogP contribution >= 0.6 is 0 Å². The van der Waals surface area contributed by atoms with Gasteiger partial charge in [0.1, 0.15) is 5.69 Å². The first-order valence-corrected chi connectivity index (χ1v) is 8.81. The summed E-state index contributed by atoms with van der Waals surface area (Å²) in [6.45, 7) is 9.43. The number of benzene rings is 1. The fourth-order valence-corrected chi connectivity index (χ4v) is 2.94. The van der Waals surface area contributed by atoms with E-state index >= 15 is 0 Å². The highest BCUT2D eigenvalue weighted by atomic mass is 16.1. The van der Waals surface area contributed by atoms with Gasteiger partial charge in [0.05, 0.1) is 0 Å². The van der Waals surface area contributed by atoms with E-state index in [1.807, 2.05) is 37.3 Å². The van der Waals surface area contributed by atoms with Crippen molar-refractivity contribution < 1.29 is 4.79 Å². The zero-order valence-electron chi connectivity index (χ0n) is 14.9. The first kappa shape index (κ1) is 17.4. The van der Waals surface area contributed by atoms with E-state index in [0.29, 0.717) is 18.2 Å². The minimum atomic E-state index is -0.164. The number of aryl methyl sites for hydroxylation is 1. The van der Waals surface area contributed by atoms with E-state index in [9.17, 15) is 4.79 Å². The number of rotatable bonds is 5. The third-order valence-corrected chi connectivity index (χ3v) is 4.47. The molecular weight excluding hydrogens is 314 g/mol. The molecule has 6 nitrogen and oxygen atoms in total. The average Bonchev–Trinajstić information content (AvgIpc) is 2.66. The summed E-state index contributed by atoms with van der Waals surface area (Å²) in [6, 6.07) is 11.6. The van der Waals surface area contributed by atoms with Crippen LogP contribution < -0.4 is 10.2 Å². The monoisotopic (exact) mass is 339 g/mol. The fraction of sp³-hybridized carbons (Fsp3) is 0.421. The maximum atomic E-state index is 12.5. The predicted molar refractivity (Wildman–Crippen MR) is 98.7 cm³/mol. The molecule has 1 fully saturated rings. The Balaban J connectivity index is 1.67. The summed E-state index contributed by atoms with van der Waals surface area (Å²) in [5, 5.41) is 2.93. The van der Waals surface area contributed by atoms with Crippen LogP contribution in [-0.4, -0.2) is 53.5 Å². The van der Waals surface area contributed by atoms with E-state index in [0.717, 1.165) is 44.0 Å². The van der Waals surface area contributed by atoms with Crippen molar-refractivity contribution in [2.75, 3.05) is 37.6 Å². The molecule has 1 amide bonds. The zero-order chi connectivity index (χ0) is 17.6. The number of amides is 1. The summed E-state index contributed by atoms with van der Waals surface area (Å²) in [5.74, 6) is 0.489. The van der Waals surface area contributed by atoms with Crippen molar-refractivity contribution in [1.29, 1.82) is 0 Å². The molecule has 1 aromatic carbocycles. The largest absolute Gasteiger partial charge is 0.347 e. The maximum Gasteiger partial charge on any atom is 0.270 e. The molecule has 2 aromatic rings. The molecule has 1 aliphatic rings. The van der Waals surface area contributed by atoms with Crippen LogP contribution in [0, 0.1) is 6.92 Å². The molecule has 25 heavy (non-hydrogen) atoms. The number of nitrogens with zero attached hydrogens (tertiary/aromatic N) is 4. The van der Waals surface area contributed by atoms with E-state index in [1.165, 1.54) is 0 Å². The first-order valence-electron chi connectivity index (χ1n) is 8.81. The molecule has 0 spiro atoms. The lowest BCUT2D eigenvalue weighted by Crippen LogP contribution is -2.47. The first-order chi connectivity index (χ1) is 12.2. The molecule has 1 saturated heterocycles. The molecule has 6 heteroatoms. The van der Waals surface area contributed by atoms with Crippen LogP contribution in [0.5, 0.6) is 0 Å². The van der Waals surface area contributed by atoms with E-state index < -0.39 is 0 Å². The molecule has 2 heterocycles. The molecule has 0 atom stereocenters. The molecule has 1 N–H and O–H groups in total. The summed E-state index contributed by atoms with van der Waals surface area (Å²) in [6.07, 6.45) is 0. The molecule has 132 valence electrons. The van der Waals surface area contributed by atoms with Gasteiger partial charge in [-0.1, -0.05) is 37.3 Å². The van der Waals surface area contributed by atoms with Gasteiger partial charge in [-0.2, -0.15) is 0 Å². The van der Waals surface area contributed by atoms with Gasteiger partial charge in [0.25, 0.3) is 5.91 Å². The Hall–Kier alpha value is -2.47. The molecular formula is C19H25N5O. The standard InChI is InChI=1S/C19H25N5O/c1-3-23-9-11-24(12-10-23)19-21-15(2)13-17(22-19)18(25)20-14-16-7-5-4-6-8-16/h4-8,13H,3,9-12,14H2,1-2H3,(H,20,25). The number of likely N-dealkylation sites (N-methyl/N-ethyl adjacent to an activating group) is 1. The Kier molecular flexibility index (Phi) is 5.60. The van der Waals surface area contributed by atoms with Gasteiger partial charge in [-0.05, 0) is 25.1 Å². The lowest BCUT2D eigenvalue weighted by Gasteiger charge is -2.34. The van der Waals surface area contributed by atoms with Gasteiger partial charge < -0.3 is 15.1 Å². The third kappa shape index (κ3) is 4.54. The molecule has 1 aliphatic heterocycles. The fourth-order valence-electron chi connectivity index (χ4n) is 2.94. The average molecular weight is 339 g/mol. The maximum absolute atomic E-state index is 12.5. The lowest BCUT2D eigenvalue weighted by molar-refractivity contribution is 0.0945. The number of anilines is 1. The van der Waals surface area contributed by atoms with Gasteiger partial charge >= 0.3 is 0 Å². The molecule has 0 unspecified atom stereocenters. The Morgan fingerprint density at radius 3 is 2.52 bits per heavy atom. The Morgan fingerprint density at radius 2 is 1.84 bits per heavy atom.